The lowest BCUT2D eigenvalue weighted by molar-refractivity contribution is -0.0940. The molecule has 96 valence electrons. The zero-order chi connectivity index (χ0) is 12.7. The third-order valence-corrected chi connectivity index (χ3v) is 3.21. The monoisotopic (exact) mass is 251 g/mol. The second-order valence-electron chi connectivity index (χ2n) is 4.25. The lowest BCUT2D eigenvalue weighted by atomic mass is 10.2. The van der Waals surface area contributed by atoms with Gasteiger partial charge >= 0.3 is 0 Å². The molecule has 2 aliphatic rings. The molecular formula is C11H13N3O4. The highest BCUT2D eigenvalue weighted by Gasteiger charge is 2.37. The standard InChI is InChI=1S/C11H13N3O4/c1-17-10-7(15)5-12-14-6-8-13(3-2-4-18-8)11(16)9(10)14/h5,8H,2-4,6H2,1H3. The Morgan fingerprint density at radius 3 is 3.11 bits per heavy atom. The van der Waals surface area contributed by atoms with Crippen LogP contribution in [0.1, 0.15) is 16.9 Å². The van der Waals surface area contributed by atoms with Crippen molar-refractivity contribution >= 4 is 5.91 Å². The van der Waals surface area contributed by atoms with Gasteiger partial charge in [0, 0.05) is 6.54 Å². The first-order valence-corrected chi connectivity index (χ1v) is 5.79. The third kappa shape index (κ3) is 1.51. The van der Waals surface area contributed by atoms with Gasteiger partial charge < -0.3 is 14.4 Å². The number of hydrogen-bond acceptors (Lipinski definition) is 5. The van der Waals surface area contributed by atoms with E-state index in [0.29, 0.717) is 19.7 Å². The smallest absolute Gasteiger partial charge is 0.278 e. The SMILES string of the molecule is COc1c2n(ncc1=O)CC1OCCCN1C2=O. The molecule has 0 saturated carbocycles. The normalized spacial score (nSPS) is 22.4. The van der Waals surface area contributed by atoms with Crippen molar-refractivity contribution < 1.29 is 14.3 Å². The molecule has 0 bridgehead atoms. The second-order valence-corrected chi connectivity index (χ2v) is 4.25. The highest BCUT2D eigenvalue weighted by atomic mass is 16.5. The zero-order valence-electron chi connectivity index (χ0n) is 9.96. The Bertz CT molecular complexity index is 554. The first-order valence-electron chi connectivity index (χ1n) is 5.79. The predicted octanol–water partition coefficient (Wildman–Crippen LogP) is -0.546. The van der Waals surface area contributed by atoms with Crippen LogP contribution in [-0.2, 0) is 11.3 Å². The van der Waals surface area contributed by atoms with Gasteiger partial charge in [0.2, 0.25) is 5.43 Å². The average molecular weight is 251 g/mol. The van der Waals surface area contributed by atoms with Gasteiger partial charge in [0.05, 0.1) is 26.5 Å². The molecule has 0 aromatic carbocycles. The van der Waals surface area contributed by atoms with Gasteiger partial charge in [-0.3, -0.25) is 14.3 Å². The van der Waals surface area contributed by atoms with E-state index in [4.69, 9.17) is 9.47 Å². The summed E-state index contributed by atoms with van der Waals surface area (Å²) in [5, 5.41) is 3.97. The van der Waals surface area contributed by atoms with Crippen LogP contribution in [0, 0.1) is 0 Å². The molecule has 18 heavy (non-hydrogen) atoms. The topological polar surface area (TPSA) is 73.7 Å². The largest absolute Gasteiger partial charge is 0.491 e. The summed E-state index contributed by atoms with van der Waals surface area (Å²) in [4.78, 5) is 25.6. The predicted molar refractivity (Wildman–Crippen MR) is 60.4 cm³/mol. The molecule has 0 aliphatic carbocycles. The summed E-state index contributed by atoms with van der Waals surface area (Å²) in [6, 6.07) is 0. The van der Waals surface area contributed by atoms with Crippen LogP contribution >= 0.6 is 0 Å². The van der Waals surface area contributed by atoms with Gasteiger partial charge in [-0.25, -0.2) is 0 Å². The van der Waals surface area contributed by atoms with Crippen molar-refractivity contribution in [3.63, 3.8) is 0 Å². The van der Waals surface area contributed by atoms with Crippen molar-refractivity contribution in [3.8, 4) is 5.75 Å². The number of amides is 1. The van der Waals surface area contributed by atoms with Crippen molar-refractivity contribution in [2.45, 2.75) is 19.2 Å². The molecule has 2 aliphatic heterocycles. The maximum absolute atomic E-state index is 12.3. The third-order valence-electron chi connectivity index (χ3n) is 3.21. The van der Waals surface area contributed by atoms with Crippen LogP contribution < -0.4 is 10.2 Å². The van der Waals surface area contributed by atoms with Gasteiger partial charge in [-0.05, 0) is 6.42 Å². The van der Waals surface area contributed by atoms with E-state index in [1.165, 1.54) is 11.8 Å². The van der Waals surface area contributed by atoms with Crippen molar-refractivity contribution in [3.05, 3.63) is 22.1 Å². The molecule has 0 N–H and O–H groups in total. The Balaban J connectivity index is 2.13. The van der Waals surface area contributed by atoms with Crippen LogP contribution in [0.15, 0.2) is 11.0 Å². The molecule has 1 fully saturated rings. The van der Waals surface area contributed by atoms with E-state index in [1.807, 2.05) is 0 Å². The summed E-state index contributed by atoms with van der Waals surface area (Å²) in [5.74, 6) is -0.202. The molecule has 1 unspecified atom stereocenters. The lowest BCUT2D eigenvalue weighted by Gasteiger charge is -2.39. The van der Waals surface area contributed by atoms with Gasteiger partial charge in [-0.2, -0.15) is 5.10 Å². The highest BCUT2D eigenvalue weighted by molar-refractivity contribution is 5.95. The molecule has 1 amide bonds. The Morgan fingerprint density at radius 1 is 1.50 bits per heavy atom. The van der Waals surface area contributed by atoms with Crippen LogP contribution in [0.3, 0.4) is 0 Å². The summed E-state index contributed by atoms with van der Waals surface area (Å²) in [6.45, 7) is 1.70. The van der Waals surface area contributed by atoms with Crippen LogP contribution in [-0.4, -0.2) is 47.1 Å². The molecule has 1 saturated heterocycles. The number of aromatic nitrogens is 2. The number of hydrogen-bond donors (Lipinski definition) is 0. The molecule has 1 aromatic heterocycles. The van der Waals surface area contributed by atoms with E-state index in [1.54, 1.807) is 4.90 Å². The quantitative estimate of drug-likeness (QED) is 0.670. The molecule has 1 aromatic rings. The summed E-state index contributed by atoms with van der Waals surface area (Å²) in [7, 11) is 1.38. The number of ether oxygens (including phenoxy) is 2. The molecule has 0 spiro atoms. The minimum absolute atomic E-state index is 0.0547. The number of nitrogens with zero attached hydrogens (tertiary/aromatic N) is 3. The molecule has 1 atom stereocenters. The van der Waals surface area contributed by atoms with Crippen LogP contribution in [0.4, 0.5) is 0 Å². The fourth-order valence-electron chi connectivity index (χ4n) is 2.37. The molecule has 7 nitrogen and oxygen atoms in total. The summed E-state index contributed by atoms with van der Waals surface area (Å²) < 4.78 is 12.1. The fraction of sp³-hybridized carbons (Fsp3) is 0.545. The van der Waals surface area contributed by atoms with E-state index in [0.717, 1.165) is 12.6 Å². The number of rotatable bonds is 1. The molecular weight excluding hydrogens is 238 g/mol. The molecule has 3 rings (SSSR count). The van der Waals surface area contributed by atoms with Gasteiger partial charge in [0.15, 0.2) is 17.7 Å². The molecule has 0 radical (unpaired) electrons. The Hall–Kier alpha value is -1.89. The van der Waals surface area contributed by atoms with Gasteiger partial charge in [0.1, 0.15) is 0 Å². The average Bonchev–Trinajstić information content (AvgIpc) is 2.40. The minimum Gasteiger partial charge on any atom is -0.491 e. The van der Waals surface area contributed by atoms with E-state index in [-0.39, 0.29) is 29.0 Å². The lowest BCUT2D eigenvalue weighted by Crippen LogP contribution is -2.53. The van der Waals surface area contributed by atoms with Crippen LogP contribution in [0.2, 0.25) is 0 Å². The van der Waals surface area contributed by atoms with Gasteiger partial charge in [0.25, 0.3) is 5.91 Å². The van der Waals surface area contributed by atoms with Crippen molar-refractivity contribution in [1.29, 1.82) is 0 Å². The van der Waals surface area contributed by atoms with Gasteiger partial charge in [-0.1, -0.05) is 0 Å². The Morgan fingerprint density at radius 2 is 2.33 bits per heavy atom. The van der Waals surface area contributed by atoms with Crippen LogP contribution in [0.5, 0.6) is 5.75 Å². The zero-order valence-corrected chi connectivity index (χ0v) is 9.96. The summed E-state index contributed by atoms with van der Waals surface area (Å²) >= 11 is 0. The Labute approximate surface area is 103 Å². The first-order chi connectivity index (χ1) is 8.72. The number of fused-ring (bicyclic) bond motifs is 2. The molecule has 7 heteroatoms. The van der Waals surface area contributed by atoms with E-state index in [9.17, 15) is 9.59 Å². The van der Waals surface area contributed by atoms with E-state index < -0.39 is 0 Å². The number of carbonyl (C=O) groups is 1. The fourth-order valence-corrected chi connectivity index (χ4v) is 2.37. The van der Waals surface area contributed by atoms with Crippen molar-refractivity contribution in [1.82, 2.24) is 14.7 Å². The minimum atomic E-state index is -0.381. The Kier molecular flexibility index (Phi) is 2.55. The number of methoxy groups -OCH3 is 1. The summed E-state index contributed by atoms with van der Waals surface area (Å²) in [6.07, 6.45) is 1.67. The highest BCUT2D eigenvalue weighted by Crippen LogP contribution is 2.24. The van der Waals surface area contributed by atoms with E-state index in [2.05, 4.69) is 5.10 Å². The second kappa shape index (κ2) is 4.09. The summed E-state index contributed by atoms with van der Waals surface area (Å²) in [5.41, 5.74) is -0.166. The van der Waals surface area contributed by atoms with Crippen LogP contribution in [0.25, 0.3) is 0 Å². The molecule has 3 heterocycles. The van der Waals surface area contributed by atoms with E-state index >= 15 is 0 Å². The maximum Gasteiger partial charge on any atom is 0.278 e. The van der Waals surface area contributed by atoms with Gasteiger partial charge in [-0.15, -0.1) is 0 Å². The van der Waals surface area contributed by atoms with Crippen molar-refractivity contribution in [2.75, 3.05) is 20.3 Å². The first kappa shape index (κ1) is 11.2. The van der Waals surface area contributed by atoms with Crippen molar-refractivity contribution in [2.24, 2.45) is 0 Å². The maximum atomic E-state index is 12.3. The number of carbonyl (C=O) groups excluding carboxylic acids is 1.